The van der Waals surface area contributed by atoms with Gasteiger partial charge in [-0.1, -0.05) is 78.7 Å². The van der Waals surface area contributed by atoms with Gasteiger partial charge < -0.3 is 4.90 Å². The number of hydrogen-bond acceptors (Lipinski definition) is 1. The SMILES string of the molecule is C=C(CC)/C(=C\C(=C(/C)C(C)(C)C)C(C)(C)C)CCCCN1CCCCC1. The Morgan fingerprint density at radius 1 is 0.926 bits per heavy atom. The normalized spacial score (nSPS) is 18.4. The second kappa shape index (κ2) is 10.6. The second-order valence-electron chi connectivity index (χ2n) is 10.5. The Hall–Kier alpha value is -0.820. The number of rotatable bonds is 8. The lowest BCUT2D eigenvalue weighted by atomic mass is 9.74. The predicted octanol–water partition coefficient (Wildman–Crippen LogP) is 7.94. The monoisotopic (exact) mass is 373 g/mol. The molecule has 0 bridgehead atoms. The highest BCUT2D eigenvalue weighted by Gasteiger charge is 2.24. The Bertz CT molecular complexity index is 528. The molecule has 156 valence electrons. The molecule has 27 heavy (non-hydrogen) atoms. The van der Waals surface area contributed by atoms with E-state index in [1.165, 1.54) is 74.0 Å². The van der Waals surface area contributed by atoms with Gasteiger partial charge in [-0.3, -0.25) is 0 Å². The largest absolute Gasteiger partial charge is 0.303 e. The summed E-state index contributed by atoms with van der Waals surface area (Å²) in [6.45, 7) is 26.9. The van der Waals surface area contributed by atoms with Crippen molar-refractivity contribution in [3.05, 3.63) is 34.9 Å². The van der Waals surface area contributed by atoms with Gasteiger partial charge in [0.25, 0.3) is 0 Å². The zero-order chi connectivity index (χ0) is 20.7. The number of piperidine rings is 1. The number of likely N-dealkylation sites (tertiary alicyclic amines) is 1. The van der Waals surface area contributed by atoms with E-state index in [9.17, 15) is 0 Å². The van der Waals surface area contributed by atoms with Crippen LogP contribution in [0.25, 0.3) is 0 Å². The number of hydrogen-bond donors (Lipinski definition) is 0. The summed E-state index contributed by atoms with van der Waals surface area (Å²) in [5, 5.41) is 0. The fourth-order valence-electron chi connectivity index (χ4n) is 3.88. The van der Waals surface area contributed by atoms with Gasteiger partial charge >= 0.3 is 0 Å². The standard InChI is InChI=1S/C26H47N/c1-10-21(2)23(16-12-15-19-27-17-13-11-14-18-27)20-24(26(7,8)9)22(3)25(4,5)6/h20H,2,10-19H2,1,3-9H3/b23-20-,24-22-. The lowest BCUT2D eigenvalue weighted by molar-refractivity contribution is 0.225. The van der Waals surface area contributed by atoms with Crippen LogP contribution in [-0.2, 0) is 0 Å². The van der Waals surface area contributed by atoms with Crippen LogP contribution in [0.1, 0.15) is 100 Å². The van der Waals surface area contributed by atoms with Crippen LogP contribution in [0.2, 0.25) is 0 Å². The average molecular weight is 374 g/mol. The van der Waals surface area contributed by atoms with Crippen molar-refractivity contribution in [2.45, 2.75) is 100 Å². The third-order valence-electron chi connectivity index (χ3n) is 6.16. The number of unbranched alkanes of at least 4 members (excludes halogenated alkanes) is 1. The van der Waals surface area contributed by atoms with E-state index in [4.69, 9.17) is 0 Å². The van der Waals surface area contributed by atoms with Crippen molar-refractivity contribution in [1.29, 1.82) is 0 Å². The summed E-state index contributed by atoms with van der Waals surface area (Å²) < 4.78 is 0. The van der Waals surface area contributed by atoms with Crippen LogP contribution in [-0.4, -0.2) is 24.5 Å². The van der Waals surface area contributed by atoms with E-state index < -0.39 is 0 Å². The molecule has 0 aromatic heterocycles. The van der Waals surface area contributed by atoms with Gasteiger partial charge in [0.05, 0.1) is 0 Å². The quantitative estimate of drug-likeness (QED) is 0.308. The molecule has 0 saturated carbocycles. The summed E-state index contributed by atoms with van der Waals surface area (Å²) in [5.41, 5.74) is 6.15. The first-order valence-corrected chi connectivity index (χ1v) is 11.3. The molecule has 0 unspecified atom stereocenters. The minimum Gasteiger partial charge on any atom is -0.303 e. The van der Waals surface area contributed by atoms with Crippen molar-refractivity contribution in [2.75, 3.05) is 19.6 Å². The van der Waals surface area contributed by atoms with Crippen LogP contribution in [0.15, 0.2) is 34.9 Å². The zero-order valence-electron chi connectivity index (χ0n) is 19.8. The minimum absolute atomic E-state index is 0.157. The van der Waals surface area contributed by atoms with E-state index in [0.29, 0.717) is 0 Å². The summed E-state index contributed by atoms with van der Waals surface area (Å²) in [7, 11) is 0. The van der Waals surface area contributed by atoms with Crippen LogP contribution < -0.4 is 0 Å². The van der Waals surface area contributed by atoms with Gasteiger partial charge in [-0.05, 0) is 87.1 Å². The molecule has 0 aliphatic carbocycles. The van der Waals surface area contributed by atoms with Gasteiger partial charge in [0.2, 0.25) is 0 Å². The molecule has 1 heteroatoms. The number of nitrogens with zero attached hydrogens (tertiary/aromatic N) is 1. The highest BCUT2D eigenvalue weighted by atomic mass is 15.1. The maximum atomic E-state index is 4.40. The third-order valence-corrected chi connectivity index (χ3v) is 6.16. The molecule has 0 atom stereocenters. The van der Waals surface area contributed by atoms with Gasteiger partial charge in [-0.15, -0.1) is 0 Å². The van der Waals surface area contributed by atoms with Gasteiger partial charge in [0.15, 0.2) is 0 Å². The highest BCUT2D eigenvalue weighted by molar-refractivity contribution is 5.41. The molecular weight excluding hydrogens is 326 g/mol. The van der Waals surface area contributed by atoms with E-state index >= 15 is 0 Å². The summed E-state index contributed by atoms with van der Waals surface area (Å²) >= 11 is 0. The van der Waals surface area contributed by atoms with Crippen molar-refractivity contribution in [3.63, 3.8) is 0 Å². The minimum atomic E-state index is 0.157. The third kappa shape index (κ3) is 8.38. The fraction of sp³-hybridized carbons (Fsp3) is 0.769. The van der Waals surface area contributed by atoms with Gasteiger partial charge in [-0.25, -0.2) is 0 Å². The molecule has 1 heterocycles. The van der Waals surface area contributed by atoms with E-state index in [1.54, 1.807) is 0 Å². The molecule has 1 saturated heterocycles. The molecule has 1 aliphatic rings. The van der Waals surface area contributed by atoms with E-state index in [-0.39, 0.29) is 10.8 Å². The topological polar surface area (TPSA) is 3.24 Å². The smallest absolute Gasteiger partial charge is 0.00186 e. The van der Waals surface area contributed by atoms with E-state index in [0.717, 1.165) is 12.8 Å². The van der Waals surface area contributed by atoms with E-state index in [2.05, 4.69) is 72.9 Å². The molecule has 0 amide bonds. The van der Waals surface area contributed by atoms with Crippen molar-refractivity contribution in [3.8, 4) is 0 Å². The maximum absolute atomic E-state index is 4.40. The van der Waals surface area contributed by atoms with Crippen molar-refractivity contribution < 1.29 is 0 Å². The van der Waals surface area contributed by atoms with Crippen LogP contribution in [0.5, 0.6) is 0 Å². The summed E-state index contributed by atoms with van der Waals surface area (Å²) in [5.74, 6) is 0. The molecule has 1 nitrogen and oxygen atoms in total. The average Bonchev–Trinajstić information content (AvgIpc) is 2.59. The van der Waals surface area contributed by atoms with Gasteiger partial charge in [0.1, 0.15) is 0 Å². The fourth-order valence-corrected chi connectivity index (χ4v) is 3.88. The first-order valence-electron chi connectivity index (χ1n) is 11.3. The lowest BCUT2D eigenvalue weighted by Gasteiger charge is -2.31. The maximum Gasteiger partial charge on any atom is -0.00186 e. The molecule has 1 aliphatic heterocycles. The molecular formula is C26H47N. The predicted molar refractivity (Wildman–Crippen MR) is 123 cm³/mol. The molecule has 0 aromatic rings. The van der Waals surface area contributed by atoms with Gasteiger partial charge in [-0.2, -0.15) is 0 Å². The van der Waals surface area contributed by atoms with Crippen LogP contribution in [0, 0.1) is 10.8 Å². The summed E-state index contributed by atoms with van der Waals surface area (Å²) in [6, 6.07) is 0. The van der Waals surface area contributed by atoms with E-state index in [1.807, 2.05) is 0 Å². The van der Waals surface area contributed by atoms with Crippen molar-refractivity contribution >= 4 is 0 Å². The van der Waals surface area contributed by atoms with Crippen molar-refractivity contribution in [1.82, 2.24) is 4.90 Å². The second-order valence-corrected chi connectivity index (χ2v) is 10.5. The molecule has 1 rings (SSSR count). The van der Waals surface area contributed by atoms with Crippen LogP contribution in [0.3, 0.4) is 0 Å². The van der Waals surface area contributed by atoms with Crippen molar-refractivity contribution in [2.24, 2.45) is 10.8 Å². The first-order chi connectivity index (χ1) is 12.5. The molecule has 0 N–H and O–H groups in total. The summed E-state index contributed by atoms with van der Waals surface area (Å²) in [4.78, 5) is 2.66. The molecule has 0 aromatic carbocycles. The molecule has 0 radical (unpaired) electrons. The Balaban J connectivity index is 2.90. The Morgan fingerprint density at radius 3 is 2.00 bits per heavy atom. The van der Waals surface area contributed by atoms with Gasteiger partial charge in [0, 0.05) is 0 Å². The summed E-state index contributed by atoms with van der Waals surface area (Å²) in [6.07, 6.45) is 11.5. The Labute approximate surface area is 171 Å². The lowest BCUT2D eigenvalue weighted by Crippen LogP contribution is -2.30. The molecule has 0 spiro atoms. The van der Waals surface area contributed by atoms with Crippen LogP contribution in [0.4, 0.5) is 0 Å². The number of allylic oxidation sites excluding steroid dienone is 5. The molecule has 1 fully saturated rings. The first kappa shape index (κ1) is 24.2. The Morgan fingerprint density at radius 2 is 1.52 bits per heavy atom. The highest BCUT2D eigenvalue weighted by Crippen LogP contribution is 2.38. The Kier molecular flexibility index (Phi) is 9.55. The van der Waals surface area contributed by atoms with Crippen LogP contribution >= 0.6 is 0 Å². The zero-order valence-corrected chi connectivity index (χ0v) is 19.8.